The third-order valence-electron chi connectivity index (χ3n) is 3.81. The number of fused-ring (bicyclic) bond motifs is 1. The van der Waals surface area contributed by atoms with Gasteiger partial charge in [-0.15, -0.1) is 0 Å². The van der Waals surface area contributed by atoms with Crippen molar-refractivity contribution in [2.45, 2.75) is 26.5 Å². The van der Waals surface area contributed by atoms with Crippen molar-refractivity contribution in [2.75, 3.05) is 13.2 Å². The van der Waals surface area contributed by atoms with Crippen molar-refractivity contribution < 1.29 is 14.2 Å². The number of aryl methyl sites for hydroxylation is 2. The molecule has 0 saturated carbocycles. The second-order valence-corrected chi connectivity index (χ2v) is 5.97. The first-order valence-corrected chi connectivity index (χ1v) is 8.10. The van der Waals surface area contributed by atoms with Gasteiger partial charge in [0.1, 0.15) is 24.3 Å². The summed E-state index contributed by atoms with van der Waals surface area (Å²) in [6.45, 7) is 5.01. The molecule has 0 spiro atoms. The first kappa shape index (κ1) is 17.3. The van der Waals surface area contributed by atoms with E-state index in [4.69, 9.17) is 4.74 Å². The molecule has 0 aliphatic heterocycles. The van der Waals surface area contributed by atoms with E-state index in [2.05, 4.69) is 15.3 Å². The highest BCUT2D eigenvalue weighted by Gasteiger charge is 2.09. The molecular formula is C18H21FN4O2. The molecule has 1 aromatic carbocycles. The van der Waals surface area contributed by atoms with Crippen LogP contribution >= 0.6 is 0 Å². The topological polar surface area (TPSA) is 71.7 Å². The van der Waals surface area contributed by atoms with E-state index in [-0.39, 0.29) is 12.4 Å². The minimum Gasteiger partial charge on any atom is -0.491 e. The molecule has 2 N–H and O–H groups in total. The highest BCUT2D eigenvalue weighted by Crippen LogP contribution is 2.12. The van der Waals surface area contributed by atoms with Crippen molar-refractivity contribution in [2.24, 2.45) is 0 Å². The summed E-state index contributed by atoms with van der Waals surface area (Å²) in [7, 11) is 0. The number of ether oxygens (including phenoxy) is 1. The molecule has 2 heterocycles. The van der Waals surface area contributed by atoms with Gasteiger partial charge in [0.25, 0.3) is 0 Å². The van der Waals surface area contributed by atoms with Gasteiger partial charge < -0.3 is 15.2 Å². The summed E-state index contributed by atoms with van der Waals surface area (Å²) in [4.78, 5) is 8.71. The van der Waals surface area contributed by atoms with Gasteiger partial charge in [0.15, 0.2) is 0 Å². The van der Waals surface area contributed by atoms with E-state index in [1.165, 1.54) is 24.3 Å². The largest absolute Gasteiger partial charge is 0.491 e. The van der Waals surface area contributed by atoms with Crippen LogP contribution in [0.25, 0.3) is 5.78 Å². The van der Waals surface area contributed by atoms with E-state index in [0.717, 1.165) is 17.1 Å². The number of benzene rings is 1. The quantitative estimate of drug-likeness (QED) is 0.686. The Morgan fingerprint density at radius 1 is 1.28 bits per heavy atom. The molecule has 1 atom stereocenters. The molecule has 0 radical (unpaired) electrons. The molecule has 132 valence electrons. The minimum atomic E-state index is -0.675. The molecule has 0 saturated heterocycles. The van der Waals surface area contributed by atoms with Gasteiger partial charge in [-0.25, -0.2) is 14.4 Å². The summed E-state index contributed by atoms with van der Waals surface area (Å²) in [6, 6.07) is 7.71. The molecule has 6 nitrogen and oxygen atoms in total. The number of hydrogen-bond donors (Lipinski definition) is 2. The van der Waals surface area contributed by atoms with Gasteiger partial charge in [-0.3, -0.25) is 4.40 Å². The Bertz CT molecular complexity index is 848. The van der Waals surface area contributed by atoms with Crippen LogP contribution in [0.3, 0.4) is 0 Å². The van der Waals surface area contributed by atoms with Crippen molar-refractivity contribution in [1.29, 1.82) is 0 Å². The van der Waals surface area contributed by atoms with Gasteiger partial charge >= 0.3 is 0 Å². The Labute approximate surface area is 145 Å². The van der Waals surface area contributed by atoms with Gasteiger partial charge in [-0.1, -0.05) is 0 Å². The number of rotatable bonds is 7. The van der Waals surface area contributed by atoms with E-state index in [0.29, 0.717) is 24.6 Å². The second-order valence-electron chi connectivity index (χ2n) is 5.97. The zero-order valence-corrected chi connectivity index (χ0v) is 14.2. The van der Waals surface area contributed by atoms with Gasteiger partial charge in [0.2, 0.25) is 5.78 Å². The molecule has 0 aliphatic carbocycles. The fourth-order valence-electron chi connectivity index (χ4n) is 2.67. The molecule has 3 rings (SSSR count). The molecule has 0 fully saturated rings. The van der Waals surface area contributed by atoms with Crippen LogP contribution in [0.4, 0.5) is 4.39 Å². The Balaban J connectivity index is 1.50. The normalized spacial score (nSPS) is 12.5. The molecular weight excluding hydrogens is 323 g/mol. The van der Waals surface area contributed by atoms with Crippen LogP contribution in [0.5, 0.6) is 5.75 Å². The van der Waals surface area contributed by atoms with Crippen molar-refractivity contribution in [3.63, 3.8) is 0 Å². The smallest absolute Gasteiger partial charge is 0.234 e. The summed E-state index contributed by atoms with van der Waals surface area (Å²) >= 11 is 0. The number of imidazole rings is 1. The van der Waals surface area contributed by atoms with Crippen LogP contribution < -0.4 is 10.1 Å². The number of nitrogens with zero attached hydrogens (tertiary/aromatic N) is 3. The third-order valence-corrected chi connectivity index (χ3v) is 3.81. The third kappa shape index (κ3) is 4.32. The Morgan fingerprint density at radius 2 is 2.04 bits per heavy atom. The number of aliphatic hydroxyl groups is 1. The van der Waals surface area contributed by atoms with Crippen LogP contribution in [0.2, 0.25) is 0 Å². The molecule has 0 bridgehead atoms. The van der Waals surface area contributed by atoms with Crippen LogP contribution in [-0.2, 0) is 6.54 Å². The number of aromatic nitrogens is 3. The van der Waals surface area contributed by atoms with E-state index < -0.39 is 6.10 Å². The molecule has 25 heavy (non-hydrogen) atoms. The minimum absolute atomic E-state index is 0.131. The fourth-order valence-corrected chi connectivity index (χ4v) is 2.67. The summed E-state index contributed by atoms with van der Waals surface area (Å²) in [5.74, 6) is 0.886. The van der Waals surface area contributed by atoms with Gasteiger partial charge in [-0.2, -0.15) is 0 Å². The standard InChI is InChI=1S/C18H21FN4O2/c1-12-7-13(2)23-15(9-21-18(23)22-12)8-20-10-16(24)11-25-17-5-3-14(19)4-6-17/h3-7,9,16,20,24H,8,10-11H2,1-2H3. The van der Waals surface area contributed by atoms with Crippen LogP contribution in [0.15, 0.2) is 36.5 Å². The Hall–Kier alpha value is -2.51. The first-order valence-electron chi connectivity index (χ1n) is 8.10. The maximum Gasteiger partial charge on any atom is 0.234 e. The maximum absolute atomic E-state index is 12.8. The van der Waals surface area contributed by atoms with E-state index in [1.54, 1.807) is 6.20 Å². The molecule has 7 heteroatoms. The van der Waals surface area contributed by atoms with Gasteiger partial charge in [-0.05, 0) is 44.2 Å². The monoisotopic (exact) mass is 344 g/mol. The van der Waals surface area contributed by atoms with Crippen molar-refractivity contribution >= 4 is 5.78 Å². The molecule has 1 unspecified atom stereocenters. The zero-order valence-electron chi connectivity index (χ0n) is 14.2. The van der Waals surface area contributed by atoms with E-state index in [1.807, 2.05) is 24.3 Å². The Kier molecular flexibility index (Phi) is 5.25. The number of halogens is 1. The van der Waals surface area contributed by atoms with Gasteiger partial charge in [0, 0.05) is 24.5 Å². The molecule has 3 aromatic rings. The SMILES string of the molecule is Cc1cc(C)n2c(CNCC(O)COc3ccc(F)cc3)cnc2n1. The summed E-state index contributed by atoms with van der Waals surface area (Å²) in [5.41, 5.74) is 2.98. The lowest BCUT2D eigenvalue weighted by Crippen LogP contribution is -2.31. The van der Waals surface area contributed by atoms with E-state index >= 15 is 0 Å². The van der Waals surface area contributed by atoms with Crippen molar-refractivity contribution in [3.05, 3.63) is 59.4 Å². The highest BCUT2D eigenvalue weighted by atomic mass is 19.1. The van der Waals surface area contributed by atoms with Gasteiger partial charge in [0.05, 0.1) is 11.9 Å². The number of nitrogens with one attached hydrogen (secondary N) is 1. The van der Waals surface area contributed by atoms with Crippen molar-refractivity contribution in [1.82, 2.24) is 19.7 Å². The Morgan fingerprint density at radius 3 is 2.80 bits per heavy atom. The lowest BCUT2D eigenvalue weighted by molar-refractivity contribution is 0.106. The predicted molar refractivity (Wildman–Crippen MR) is 92.1 cm³/mol. The summed E-state index contributed by atoms with van der Waals surface area (Å²) in [5, 5.41) is 13.2. The molecule has 0 amide bonds. The lowest BCUT2D eigenvalue weighted by Gasteiger charge is -2.13. The lowest BCUT2D eigenvalue weighted by atomic mass is 10.3. The highest BCUT2D eigenvalue weighted by molar-refractivity contribution is 5.35. The van der Waals surface area contributed by atoms with Crippen LogP contribution in [0, 0.1) is 19.7 Å². The summed E-state index contributed by atoms with van der Waals surface area (Å²) in [6.07, 6.45) is 1.11. The van der Waals surface area contributed by atoms with Crippen LogP contribution in [0.1, 0.15) is 17.1 Å². The second kappa shape index (κ2) is 7.58. The average Bonchev–Trinajstić information content (AvgIpc) is 2.97. The van der Waals surface area contributed by atoms with Crippen LogP contribution in [-0.4, -0.2) is 38.7 Å². The number of aliphatic hydroxyl groups excluding tert-OH is 1. The number of hydrogen-bond acceptors (Lipinski definition) is 5. The fraction of sp³-hybridized carbons (Fsp3) is 0.333. The first-order chi connectivity index (χ1) is 12.0. The maximum atomic E-state index is 12.8. The average molecular weight is 344 g/mol. The summed E-state index contributed by atoms with van der Waals surface area (Å²) < 4.78 is 20.2. The predicted octanol–water partition coefficient (Wildman–Crippen LogP) is 2.01. The van der Waals surface area contributed by atoms with E-state index in [9.17, 15) is 9.50 Å². The zero-order chi connectivity index (χ0) is 17.8. The van der Waals surface area contributed by atoms with Crippen molar-refractivity contribution in [3.8, 4) is 5.75 Å². The molecule has 0 aliphatic rings. The molecule has 2 aromatic heterocycles.